The fourth-order valence-corrected chi connectivity index (χ4v) is 0.786. The highest BCUT2D eigenvalue weighted by Crippen LogP contribution is 1.97. The molecular weight excluding hydrogens is 158 g/mol. The van der Waals surface area contributed by atoms with E-state index in [1.165, 1.54) is 0 Å². The number of unbranched alkanes of at least 4 members (excludes halogenated alkanes) is 2. The Bertz CT molecular complexity index is 100. The van der Waals surface area contributed by atoms with Crippen LogP contribution < -0.4 is 5.73 Å². The third kappa shape index (κ3) is 5.49. The zero-order chi connectivity index (χ0) is 9.40. The normalized spacial score (nSPS) is 16.0. The summed E-state index contributed by atoms with van der Waals surface area (Å²) in [4.78, 5) is 0. The molecule has 0 amide bonds. The first-order chi connectivity index (χ1) is 5.72. The van der Waals surface area contributed by atoms with E-state index in [1.54, 1.807) is 0 Å². The molecule has 12 heavy (non-hydrogen) atoms. The quantitative estimate of drug-likeness (QED) is 0.373. The highest BCUT2D eigenvalue weighted by Gasteiger charge is 2.12. The first-order valence-electron chi connectivity index (χ1n) is 4.38. The van der Waals surface area contributed by atoms with E-state index in [9.17, 15) is 0 Å². The number of rotatable bonds is 7. The van der Waals surface area contributed by atoms with Gasteiger partial charge in [0.15, 0.2) is 0 Å². The molecule has 2 unspecified atom stereocenters. The number of aliphatic hydroxyl groups excluding tert-OH is 2. The van der Waals surface area contributed by atoms with Crippen LogP contribution in [0.4, 0.5) is 0 Å². The first-order valence-corrected chi connectivity index (χ1v) is 4.38. The fourth-order valence-electron chi connectivity index (χ4n) is 0.786. The van der Waals surface area contributed by atoms with Crippen molar-refractivity contribution in [2.45, 2.75) is 38.5 Å². The van der Waals surface area contributed by atoms with E-state index in [0.717, 1.165) is 19.3 Å². The van der Waals surface area contributed by atoms with Crippen LogP contribution in [0.15, 0.2) is 0 Å². The molecule has 0 saturated heterocycles. The van der Waals surface area contributed by atoms with Crippen LogP contribution >= 0.6 is 0 Å². The lowest BCUT2D eigenvalue weighted by Crippen LogP contribution is -2.39. The summed E-state index contributed by atoms with van der Waals surface area (Å²) in [7, 11) is 0. The summed E-state index contributed by atoms with van der Waals surface area (Å²) < 4.78 is 5.06. The highest BCUT2D eigenvalue weighted by molar-refractivity contribution is 4.59. The number of nitrogens with two attached hydrogens (primary N) is 1. The van der Waals surface area contributed by atoms with Crippen LogP contribution in [0.2, 0.25) is 0 Å². The van der Waals surface area contributed by atoms with Crippen molar-refractivity contribution in [3.05, 3.63) is 0 Å². The third-order valence-electron chi connectivity index (χ3n) is 1.62. The minimum absolute atomic E-state index is 0.352. The molecule has 4 N–H and O–H groups in total. The maximum atomic E-state index is 8.98. The maximum Gasteiger partial charge on any atom is 0.134 e. The monoisotopic (exact) mass is 177 g/mol. The molecule has 0 aromatic heterocycles. The molecule has 0 aliphatic carbocycles. The Balaban J connectivity index is 3.24. The molecular formula is C8H19NO3. The lowest BCUT2D eigenvalue weighted by Gasteiger charge is -2.16. The van der Waals surface area contributed by atoms with Gasteiger partial charge in [-0.25, -0.2) is 0 Å². The fraction of sp³-hybridized carbons (Fsp3) is 1.00. The molecule has 0 aliphatic heterocycles. The molecule has 74 valence electrons. The van der Waals surface area contributed by atoms with Gasteiger partial charge in [-0.05, 0) is 6.42 Å². The molecule has 0 aromatic carbocycles. The Kier molecular flexibility index (Phi) is 7.39. The summed E-state index contributed by atoms with van der Waals surface area (Å²) in [6.45, 7) is 2.30. The van der Waals surface area contributed by atoms with Gasteiger partial charge in [0.05, 0.1) is 6.61 Å². The van der Waals surface area contributed by atoms with Crippen LogP contribution in [-0.4, -0.2) is 35.8 Å². The first kappa shape index (κ1) is 11.8. The van der Waals surface area contributed by atoms with Crippen molar-refractivity contribution < 1.29 is 14.9 Å². The summed E-state index contributed by atoms with van der Waals surface area (Å²) in [5.74, 6) is 0. The molecule has 0 rings (SSSR count). The van der Waals surface area contributed by atoms with Gasteiger partial charge in [-0.1, -0.05) is 19.8 Å². The van der Waals surface area contributed by atoms with Crippen LogP contribution in [0.25, 0.3) is 0 Å². The predicted octanol–water partition coefficient (Wildman–Crippen LogP) is -0.169. The zero-order valence-corrected chi connectivity index (χ0v) is 7.57. The average molecular weight is 177 g/mol. The standard InChI is InChI=1S/C8H19NO3/c1-2-3-4-5-12-8(9)7(11)6-10/h7-8,10-11H,2-6,9H2,1H3. The van der Waals surface area contributed by atoms with Crippen LogP contribution in [-0.2, 0) is 4.74 Å². The van der Waals surface area contributed by atoms with Gasteiger partial charge < -0.3 is 20.7 Å². The number of hydrogen-bond acceptors (Lipinski definition) is 4. The summed E-state index contributed by atoms with van der Waals surface area (Å²) in [5, 5.41) is 17.5. The second kappa shape index (κ2) is 7.49. The second-order valence-electron chi connectivity index (χ2n) is 2.79. The molecule has 0 heterocycles. The summed E-state index contributed by atoms with van der Waals surface area (Å²) >= 11 is 0. The average Bonchev–Trinajstić information content (AvgIpc) is 2.10. The minimum Gasteiger partial charge on any atom is -0.394 e. The van der Waals surface area contributed by atoms with Crippen molar-refractivity contribution in [3.63, 3.8) is 0 Å². The van der Waals surface area contributed by atoms with Crippen LogP contribution in [0.3, 0.4) is 0 Å². The third-order valence-corrected chi connectivity index (χ3v) is 1.62. The van der Waals surface area contributed by atoms with Gasteiger partial charge in [-0.3, -0.25) is 0 Å². The van der Waals surface area contributed by atoms with Crippen LogP contribution in [0.5, 0.6) is 0 Å². The van der Waals surface area contributed by atoms with Crippen molar-refractivity contribution in [1.82, 2.24) is 0 Å². The number of ether oxygens (including phenoxy) is 1. The Labute approximate surface area is 73.3 Å². The van der Waals surface area contributed by atoms with Gasteiger partial charge in [-0.15, -0.1) is 0 Å². The number of hydrogen-bond donors (Lipinski definition) is 3. The number of aliphatic hydroxyl groups is 2. The van der Waals surface area contributed by atoms with Crippen molar-refractivity contribution >= 4 is 0 Å². The molecule has 0 saturated carbocycles. The molecule has 0 fully saturated rings. The molecule has 0 radical (unpaired) electrons. The van der Waals surface area contributed by atoms with Crippen molar-refractivity contribution in [2.24, 2.45) is 5.73 Å². The molecule has 0 spiro atoms. The lowest BCUT2D eigenvalue weighted by atomic mass is 10.3. The van der Waals surface area contributed by atoms with E-state index in [2.05, 4.69) is 6.92 Å². The van der Waals surface area contributed by atoms with E-state index < -0.39 is 12.3 Å². The van der Waals surface area contributed by atoms with Crippen molar-refractivity contribution in [2.75, 3.05) is 13.2 Å². The topological polar surface area (TPSA) is 75.7 Å². The van der Waals surface area contributed by atoms with Gasteiger partial charge in [0.2, 0.25) is 0 Å². The second-order valence-corrected chi connectivity index (χ2v) is 2.79. The summed E-state index contributed by atoms with van der Waals surface area (Å²) in [6.07, 6.45) is 1.45. The van der Waals surface area contributed by atoms with E-state index in [1.807, 2.05) is 0 Å². The van der Waals surface area contributed by atoms with Crippen molar-refractivity contribution in [3.8, 4) is 0 Å². The van der Waals surface area contributed by atoms with Gasteiger partial charge in [0.1, 0.15) is 12.3 Å². The molecule has 0 bridgehead atoms. The van der Waals surface area contributed by atoms with E-state index >= 15 is 0 Å². The summed E-state index contributed by atoms with van der Waals surface area (Å²) in [5.41, 5.74) is 5.38. The Morgan fingerprint density at radius 3 is 2.58 bits per heavy atom. The highest BCUT2D eigenvalue weighted by atomic mass is 16.5. The van der Waals surface area contributed by atoms with E-state index in [-0.39, 0.29) is 6.61 Å². The SMILES string of the molecule is CCCCCOC(N)C(O)CO. The molecule has 4 nitrogen and oxygen atoms in total. The minimum atomic E-state index is -0.966. The van der Waals surface area contributed by atoms with Gasteiger partial charge in [0, 0.05) is 6.61 Å². The molecule has 4 heteroatoms. The molecule has 0 aromatic rings. The Morgan fingerprint density at radius 1 is 1.42 bits per heavy atom. The molecule has 2 atom stereocenters. The van der Waals surface area contributed by atoms with Gasteiger partial charge in [0.25, 0.3) is 0 Å². The largest absolute Gasteiger partial charge is 0.394 e. The maximum absolute atomic E-state index is 8.98. The van der Waals surface area contributed by atoms with Crippen LogP contribution in [0, 0.1) is 0 Å². The van der Waals surface area contributed by atoms with Gasteiger partial charge in [-0.2, -0.15) is 0 Å². The summed E-state index contributed by atoms with van der Waals surface area (Å²) in [6, 6.07) is 0. The van der Waals surface area contributed by atoms with Crippen molar-refractivity contribution in [1.29, 1.82) is 0 Å². The Morgan fingerprint density at radius 2 is 2.08 bits per heavy atom. The zero-order valence-electron chi connectivity index (χ0n) is 7.57. The lowest BCUT2D eigenvalue weighted by molar-refractivity contribution is -0.0552. The van der Waals surface area contributed by atoms with E-state index in [4.69, 9.17) is 20.7 Å². The molecule has 0 aliphatic rings. The van der Waals surface area contributed by atoms with Crippen LogP contribution in [0.1, 0.15) is 26.2 Å². The Hall–Kier alpha value is -0.160. The smallest absolute Gasteiger partial charge is 0.134 e. The predicted molar refractivity (Wildman–Crippen MR) is 46.5 cm³/mol. The van der Waals surface area contributed by atoms with E-state index in [0.29, 0.717) is 6.61 Å². The van der Waals surface area contributed by atoms with Gasteiger partial charge >= 0.3 is 0 Å².